The molecule has 0 aliphatic carbocycles. The van der Waals surface area contributed by atoms with Crippen LogP contribution in [0.4, 0.5) is 0 Å². The largest absolute Gasteiger partial charge is 0.372 e. The first-order valence-electron chi connectivity index (χ1n) is 3.25. The summed E-state index contributed by atoms with van der Waals surface area (Å²) in [4.78, 5) is 0. The maximum atomic E-state index is 8.54. The summed E-state index contributed by atoms with van der Waals surface area (Å²) in [5.41, 5.74) is -0.794. The fourth-order valence-electron chi connectivity index (χ4n) is 0.374. The molecule has 0 aliphatic rings. The molecular weight excluding hydrogens is 152 g/mol. The van der Waals surface area contributed by atoms with Crippen LogP contribution in [-0.2, 0) is 0 Å². The van der Waals surface area contributed by atoms with Crippen molar-refractivity contribution in [3.8, 4) is 18.2 Å². The van der Waals surface area contributed by atoms with E-state index in [9.17, 15) is 0 Å². The molecule has 4 heteroatoms. The molecule has 4 nitrogen and oxygen atoms in total. The predicted octanol–water partition coefficient (Wildman–Crippen LogP) is 0.809. The molecule has 0 rings (SSSR count). The summed E-state index contributed by atoms with van der Waals surface area (Å²) in [7, 11) is 0. The molecule has 0 aromatic rings. The molecule has 0 saturated heterocycles. The highest BCUT2D eigenvalue weighted by Gasteiger charge is 2.13. The second-order valence-corrected chi connectivity index (χ2v) is 2.66. The molecule has 0 saturated carbocycles. The molecule has 0 amide bonds. The molecule has 12 heavy (non-hydrogen) atoms. The molecule has 0 aromatic carbocycles. The zero-order valence-corrected chi connectivity index (χ0v) is 6.92. The van der Waals surface area contributed by atoms with Crippen LogP contribution >= 0.6 is 0 Å². The van der Waals surface area contributed by atoms with Gasteiger partial charge in [-0.1, -0.05) is 0 Å². The lowest BCUT2D eigenvalue weighted by Gasteiger charge is -2.14. The molecule has 0 aromatic heterocycles. The van der Waals surface area contributed by atoms with Gasteiger partial charge in [-0.3, -0.25) is 0 Å². The van der Waals surface area contributed by atoms with Gasteiger partial charge in [0.05, 0.1) is 6.07 Å². The third-order valence-electron chi connectivity index (χ3n) is 1.10. The van der Waals surface area contributed by atoms with Crippen LogP contribution in [0.15, 0.2) is 11.8 Å². The number of hydrogen-bond acceptors (Lipinski definition) is 4. The minimum absolute atomic E-state index is 0.0432. The normalized spacial score (nSPS) is 8.58. The lowest BCUT2D eigenvalue weighted by Crippen LogP contribution is -2.33. The van der Waals surface area contributed by atoms with Crippen molar-refractivity contribution in [3.05, 3.63) is 11.8 Å². The van der Waals surface area contributed by atoms with Crippen LogP contribution in [0.25, 0.3) is 0 Å². The van der Waals surface area contributed by atoms with Gasteiger partial charge in [-0.2, -0.15) is 15.8 Å². The van der Waals surface area contributed by atoms with Crippen LogP contribution in [0, 0.1) is 34.0 Å². The Bertz CT molecular complexity index is 289. The summed E-state index contributed by atoms with van der Waals surface area (Å²) in [5.74, 6) is 0. The molecule has 0 spiro atoms. The third-order valence-corrected chi connectivity index (χ3v) is 1.10. The Balaban J connectivity index is 4.38. The molecule has 0 fully saturated rings. The van der Waals surface area contributed by atoms with Crippen molar-refractivity contribution in [1.29, 1.82) is 15.8 Å². The zero-order valence-electron chi connectivity index (χ0n) is 6.92. The first kappa shape index (κ1) is 10.0. The van der Waals surface area contributed by atoms with Crippen molar-refractivity contribution in [3.63, 3.8) is 0 Å². The topological polar surface area (TPSA) is 83.4 Å². The summed E-state index contributed by atoms with van der Waals surface area (Å²) in [6.07, 6.45) is 1.24. The SMILES string of the molecule is CC(C)(C#N)NC=C(C#N)C#N. The van der Waals surface area contributed by atoms with Gasteiger partial charge in [0.1, 0.15) is 23.3 Å². The van der Waals surface area contributed by atoms with Crippen LogP contribution in [-0.4, -0.2) is 5.54 Å². The van der Waals surface area contributed by atoms with E-state index in [0.717, 1.165) is 0 Å². The molecule has 1 N–H and O–H groups in total. The van der Waals surface area contributed by atoms with Crippen molar-refractivity contribution in [2.75, 3.05) is 0 Å². The van der Waals surface area contributed by atoms with Crippen LogP contribution in [0.5, 0.6) is 0 Å². The Hall–Kier alpha value is -1.99. The highest BCUT2D eigenvalue weighted by Crippen LogP contribution is 1.99. The van der Waals surface area contributed by atoms with Gasteiger partial charge in [0, 0.05) is 6.20 Å². The number of rotatable bonds is 2. The van der Waals surface area contributed by atoms with E-state index in [0.29, 0.717) is 0 Å². The number of allylic oxidation sites excluding steroid dienone is 1. The van der Waals surface area contributed by atoms with Gasteiger partial charge >= 0.3 is 0 Å². The van der Waals surface area contributed by atoms with Crippen LogP contribution in [0.1, 0.15) is 13.8 Å². The van der Waals surface area contributed by atoms with Crippen molar-refractivity contribution in [2.24, 2.45) is 0 Å². The molecular formula is C8H8N4. The van der Waals surface area contributed by atoms with Gasteiger partial charge in [-0.05, 0) is 13.8 Å². The Kier molecular flexibility index (Phi) is 3.34. The smallest absolute Gasteiger partial charge is 0.145 e. The molecule has 60 valence electrons. The number of nitrogens with zero attached hydrogens (tertiary/aromatic N) is 3. The summed E-state index contributed by atoms with van der Waals surface area (Å²) in [5, 5.41) is 27.9. The van der Waals surface area contributed by atoms with E-state index in [-0.39, 0.29) is 5.57 Å². The van der Waals surface area contributed by atoms with E-state index < -0.39 is 5.54 Å². The lowest BCUT2D eigenvalue weighted by molar-refractivity contribution is 0.566. The second-order valence-electron chi connectivity index (χ2n) is 2.66. The average Bonchev–Trinajstić information content (AvgIpc) is 2.06. The fourth-order valence-corrected chi connectivity index (χ4v) is 0.374. The van der Waals surface area contributed by atoms with Gasteiger partial charge < -0.3 is 5.32 Å². The zero-order chi connectivity index (χ0) is 9.61. The van der Waals surface area contributed by atoms with E-state index in [1.165, 1.54) is 6.20 Å². The van der Waals surface area contributed by atoms with Crippen molar-refractivity contribution >= 4 is 0 Å². The van der Waals surface area contributed by atoms with E-state index in [2.05, 4.69) is 5.32 Å². The van der Waals surface area contributed by atoms with E-state index in [1.807, 2.05) is 6.07 Å². The standard InChI is InChI=1S/C8H8N4/c1-8(2,6-11)12-5-7(3-9)4-10/h5,12H,1-2H3. The molecule has 0 atom stereocenters. The quantitative estimate of drug-likeness (QED) is 0.606. The average molecular weight is 160 g/mol. The molecule has 0 aliphatic heterocycles. The van der Waals surface area contributed by atoms with Gasteiger partial charge in [0.25, 0.3) is 0 Å². The maximum absolute atomic E-state index is 8.54. The Morgan fingerprint density at radius 3 is 2.08 bits per heavy atom. The van der Waals surface area contributed by atoms with Crippen molar-refractivity contribution in [2.45, 2.75) is 19.4 Å². The third kappa shape index (κ3) is 3.25. The monoisotopic (exact) mass is 160 g/mol. The molecule has 0 unspecified atom stereocenters. The summed E-state index contributed by atoms with van der Waals surface area (Å²) in [6, 6.07) is 5.32. The lowest BCUT2D eigenvalue weighted by atomic mass is 10.1. The van der Waals surface area contributed by atoms with Gasteiger partial charge in [0.15, 0.2) is 0 Å². The van der Waals surface area contributed by atoms with E-state index in [1.54, 1.807) is 26.0 Å². The van der Waals surface area contributed by atoms with Crippen molar-refractivity contribution in [1.82, 2.24) is 5.32 Å². The van der Waals surface area contributed by atoms with Gasteiger partial charge in [0.2, 0.25) is 0 Å². The summed E-state index contributed by atoms with van der Waals surface area (Å²) in [6.45, 7) is 3.30. The Morgan fingerprint density at radius 2 is 1.75 bits per heavy atom. The van der Waals surface area contributed by atoms with Crippen LogP contribution in [0.2, 0.25) is 0 Å². The maximum Gasteiger partial charge on any atom is 0.145 e. The highest BCUT2D eigenvalue weighted by atomic mass is 14.9. The van der Waals surface area contributed by atoms with Gasteiger partial charge in [-0.25, -0.2) is 0 Å². The molecule has 0 bridgehead atoms. The minimum atomic E-state index is -0.751. The van der Waals surface area contributed by atoms with E-state index in [4.69, 9.17) is 15.8 Å². The molecule has 0 radical (unpaired) electrons. The highest BCUT2D eigenvalue weighted by molar-refractivity contribution is 5.34. The Labute approximate surface area is 71.3 Å². The number of nitrogens with one attached hydrogen (secondary N) is 1. The predicted molar refractivity (Wildman–Crippen MR) is 42.1 cm³/mol. The van der Waals surface area contributed by atoms with Crippen LogP contribution < -0.4 is 5.32 Å². The van der Waals surface area contributed by atoms with Crippen molar-refractivity contribution < 1.29 is 0 Å². The van der Waals surface area contributed by atoms with Gasteiger partial charge in [-0.15, -0.1) is 0 Å². The fraction of sp³-hybridized carbons (Fsp3) is 0.375. The number of hydrogen-bond donors (Lipinski definition) is 1. The number of nitriles is 3. The Morgan fingerprint density at radius 1 is 1.25 bits per heavy atom. The second kappa shape index (κ2) is 4.01. The molecule has 0 heterocycles. The first-order chi connectivity index (χ1) is 5.55. The first-order valence-corrected chi connectivity index (χ1v) is 3.25. The van der Waals surface area contributed by atoms with Crippen LogP contribution in [0.3, 0.4) is 0 Å². The summed E-state index contributed by atoms with van der Waals surface area (Å²) >= 11 is 0. The minimum Gasteiger partial charge on any atom is -0.372 e. The summed E-state index contributed by atoms with van der Waals surface area (Å²) < 4.78 is 0. The van der Waals surface area contributed by atoms with E-state index >= 15 is 0 Å².